The second-order valence-corrected chi connectivity index (χ2v) is 7.66. The minimum atomic E-state index is -3.87. The maximum atomic E-state index is 13.6. The number of rotatable bonds is 4. The molecular formula is C15H14FN3O2S2. The van der Waals surface area contributed by atoms with Crippen LogP contribution in [0.25, 0.3) is 10.6 Å². The van der Waals surface area contributed by atoms with Gasteiger partial charge in [-0.05, 0) is 36.1 Å². The summed E-state index contributed by atoms with van der Waals surface area (Å²) in [5.41, 5.74) is 1.00. The molecule has 0 saturated heterocycles. The third-order valence-corrected chi connectivity index (χ3v) is 5.52. The Morgan fingerprint density at radius 1 is 1.30 bits per heavy atom. The first kappa shape index (κ1) is 15.7. The summed E-state index contributed by atoms with van der Waals surface area (Å²) in [7, 11) is -2.22. The highest BCUT2D eigenvalue weighted by atomic mass is 32.2. The summed E-state index contributed by atoms with van der Waals surface area (Å²) in [5.74, 6) is -0.463. The van der Waals surface area contributed by atoms with E-state index in [0.29, 0.717) is 11.3 Å². The molecule has 8 heteroatoms. The molecule has 0 fully saturated rings. The van der Waals surface area contributed by atoms with Gasteiger partial charge in [-0.3, -0.25) is 9.40 Å². The fourth-order valence-corrected chi connectivity index (χ4v) is 4.15. The largest absolute Gasteiger partial charge is 0.279 e. The van der Waals surface area contributed by atoms with Crippen LogP contribution in [0.15, 0.2) is 46.8 Å². The zero-order chi connectivity index (χ0) is 16.6. The molecule has 0 radical (unpaired) electrons. The molecule has 0 spiro atoms. The van der Waals surface area contributed by atoms with Gasteiger partial charge in [0.2, 0.25) is 0 Å². The zero-order valence-corrected chi connectivity index (χ0v) is 14.1. The minimum Gasteiger partial charge on any atom is -0.279 e. The number of hydrogen-bond acceptors (Lipinski definition) is 4. The van der Waals surface area contributed by atoms with Gasteiger partial charge >= 0.3 is 0 Å². The molecule has 2 heterocycles. The molecule has 0 atom stereocenters. The summed E-state index contributed by atoms with van der Waals surface area (Å²) < 4.78 is 42.7. The molecule has 1 aromatic carbocycles. The van der Waals surface area contributed by atoms with E-state index < -0.39 is 15.8 Å². The highest BCUT2D eigenvalue weighted by Crippen LogP contribution is 2.30. The molecule has 0 aliphatic rings. The van der Waals surface area contributed by atoms with Gasteiger partial charge in [-0.2, -0.15) is 5.10 Å². The predicted octanol–water partition coefficient (Wildman–Crippen LogP) is 3.40. The van der Waals surface area contributed by atoms with Gasteiger partial charge in [-0.25, -0.2) is 12.8 Å². The van der Waals surface area contributed by atoms with Gasteiger partial charge in [0.25, 0.3) is 10.0 Å². The Morgan fingerprint density at radius 2 is 2.09 bits per heavy atom. The van der Waals surface area contributed by atoms with Crippen LogP contribution in [0.5, 0.6) is 0 Å². The van der Waals surface area contributed by atoms with E-state index in [-0.39, 0.29) is 10.6 Å². The van der Waals surface area contributed by atoms with Crippen molar-refractivity contribution in [2.45, 2.75) is 11.8 Å². The number of thiophene rings is 1. The standard InChI is InChI=1S/C15H14FN3O2S2/c1-10-5-6-11(8-12(10)16)18-23(20,21)14-9-19(2)17-15(14)13-4-3-7-22-13/h3-9,18H,1-2H3. The first-order valence-corrected chi connectivity index (χ1v) is 9.09. The number of halogens is 1. The molecule has 0 aliphatic heterocycles. The summed E-state index contributed by atoms with van der Waals surface area (Å²) in [4.78, 5) is 0.810. The summed E-state index contributed by atoms with van der Waals surface area (Å²) in [5, 5.41) is 6.08. The second kappa shape index (κ2) is 5.78. The van der Waals surface area contributed by atoms with E-state index in [1.807, 2.05) is 11.4 Å². The predicted molar refractivity (Wildman–Crippen MR) is 88.5 cm³/mol. The van der Waals surface area contributed by atoms with Gasteiger partial charge in [0.05, 0.1) is 10.6 Å². The first-order chi connectivity index (χ1) is 10.9. The van der Waals surface area contributed by atoms with E-state index in [9.17, 15) is 12.8 Å². The molecule has 0 saturated carbocycles. The van der Waals surface area contributed by atoms with Crippen LogP contribution in [0.3, 0.4) is 0 Å². The lowest BCUT2D eigenvalue weighted by molar-refractivity contribution is 0.601. The van der Waals surface area contributed by atoms with Crippen molar-refractivity contribution in [1.82, 2.24) is 9.78 Å². The SMILES string of the molecule is Cc1ccc(NS(=O)(=O)c2cn(C)nc2-c2cccs2)cc1F. The van der Waals surface area contributed by atoms with Crippen LogP contribution in [0.1, 0.15) is 5.56 Å². The highest BCUT2D eigenvalue weighted by Gasteiger charge is 2.24. The zero-order valence-electron chi connectivity index (χ0n) is 12.4. The van der Waals surface area contributed by atoms with Crippen molar-refractivity contribution < 1.29 is 12.8 Å². The first-order valence-electron chi connectivity index (χ1n) is 6.73. The molecular weight excluding hydrogens is 337 g/mol. The van der Waals surface area contributed by atoms with Crippen molar-refractivity contribution in [3.05, 3.63) is 53.3 Å². The van der Waals surface area contributed by atoms with Crippen molar-refractivity contribution in [3.63, 3.8) is 0 Å². The molecule has 120 valence electrons. The van der Waals surface area contributed by atoms with Crippen molar-refractivity contribution in [2.24, 2.45) is 7.05 Å². The second-order valence-electron chi connectivity index (χ2n) is 5.06. The van der Waals surface area contributed by atoms with Gasteiger partial charge in [0.1, 0.15) is 16.4 Å². The van der Waals surface area contributed by atoms with Crippen LogP contribution in [0.2, 0.25) is 0 Å². The Labute approximate surface area is 137 Å². The maximum absolute atomic E-state index is 13.6. The Bertz CT molecular complexity index is 947. The number of hydrogen-bond donors (Lipinski definition) is 1. The van der Waals surface area contributed by atoms with Crippen molar-refractivity contribution in [1.29, 1.82) is 0 Å². The molecule has 0 aliphatic carbocycles. The summed E-state index contributed by atoms with van der Waals surface area (Å²) >= 11 is 1.40. The van der Waals surface area contributed by atoms with E-state index in [1.54, 1.807) is 20.0 Å². The Morgan fingerprint density at radius 3 is 2.74 bits per heavy atom. The summed E-state index contributed by atoms with van der Waals surface area (Å²) in [6.45, 7) is 1.61. The van der Waals surface area contributed by atoms with Crippen molar-refractivity contribution in [2.75, 3.05) is 4.72 Å². The number of nitrogens with zero attached hydrogens (tertiary/aromatic N) is 2. The van der Waals surface area contributed by atoms with Crippen molar-refractivity contribution >= 4 is 27.0 Å². The topological polar surface area (TPSA) is 64.0 Å². The number of aromatic nitrogens is 2. The molecule has 0 amide bonds. The van der Waals surface area contributed by atoms with Crippen LogP contribution >= 0.6 is 11.3 Å². The molecule has 3 rings (SSSR count). The lowest BCUT2D eigenvalue weighted by Gasteiger charge is -2.08. The van der Waals surface area contributed by atoms with Gasteiger partial charge in [-0.15, -0.1) is 11.3 Å². The smallest absolute Gasteiger partial charge is 0.265 e. The fourth-order valence-electron chi connectivity index (χ4n) is 2.11. The number of aryl methyl sites for hydroxylation is 2. The normalized spacial score (nSPS) is 11.6. The van der Waals surface area contributed by atoms with E-state index in [0.717, 1.165) is 10.9 Å². The summed E-state index contributed by atoms with van der Waals surface area (Å²) in [6, 6.07) is 7.84. The number of sulfonamides is 1. The maximum Gasteiger partial charge on any atom is 0.265 e. The van der Waals surface area contributed by atoms with Crippen LogP contribution in [0.4, 0.5) is 10.1 Å². The van der Waals surface area contributed by atoms with Crippen molar-refractivity contribution in [3.8, 4) is 10.6 Å². The Hall–Kier alpha value is -2.19. The van der Waals surface area contributed by atoms with Gasteiger partial charge < -0.3 is 0 Å². The van der Waals surface area contributed by atoms with Crippen LogP contribution in [-0.2, 0) is 17.1 Å². The molecule has 0 bridgehead atoms. The average molecular weight is 351 g/mol. The minimum absolute atomic E-state index is 0.0587. The lowest BCUT2D eigenvalue weighted by Crippen LogP contribution is -2.13. The van der Waals surface area contributed by atoms with Crippen LogP contribution in [-0.4, -0.2) is 18.2 Å². The Kier molecular flexibility index (Phi) is 3.95. The molecule has 1 N–H and O–H groups in total. The van der Waals surface area contributed by atoms with E-state index in [1.165, 1.54) is 34.3 Å². The third kappa shape index (κ3) is 3.13. The highest BCUT2D eigenvalue weighted by molar-refractivity contribution is 7.92. The quantitative estimate of drug-likeness (QED) is 0.783. The average Bonchev–Trinajstić information content (AvgIpc) is 3.11. The number of anilines is 1. The third-order valence-electron chi connectivity index (χ3n) is 3.26. The molecule has 3 aromatic rings. The van der Waals surface area contributed by atoms with Crippen LogP contribution in [0, 0.1) is 12.7 Å². The number of nitrogens with one attached hydrogen (secondary N) is 1. The van der Waals surface area contributed by atoms with E-state index in [2.05, 4.69) is 9.82 Å². The van der Waals surface area contributed by atoms with Gasteiger partial charge in [0.15, 0.2) is 0 Å². The van der Waals surface area contributed by atoms with Gasteiger partial charge in [0, 0.05) is 13.2 Å². The molecule has 0 unspecified atom stereocenters. The van der Waals surface area contributed by atoms with Gasteiger partial charge in [-0.1, -0.05) is 12.1 Å². The van der Waals surface area contributed by atoms with Crippen LogP contribution < -0.4 is 4.72 Å². The van der Waals surface area contributed by atoms with E-state index in [4.69, 9.17) is 0 Å². The Balaban J connectivity index is 2.02. The molecule has 23 heavy (non-hydrogen) atoms. The number of benzene rings is 1. The lowest BCUT2D eigenvalue weighted by atomic mass is 10.2. The summed E-state index contributed by atoms with van der Waals surface area (Å²) in [6.07, 6.45) is 1.43. The molecule has 5 nitrogen and oxygen atoms in total. The monoisotopic (exact) mass is 351 g/mol. The molecule has 2 aromatic heterocycles. The van der Waals surface area contributed by atoms with E-state index >= 15 is 0 Å². The fraction of sp³-hybridized carbons (Fsp3) is 0.133.